The van der Waals surface area contributed by atoms with Crippen LogP contribution < -0.4 is 5.56 Å². The van der Waals surface area contributed by atoms with Crippen molar-refractivity contribution < 1.29 is 9.53 Å². The molecule has 0 bridgehead atoms. The molecular formula is C17H16N2O3S2. The lowest BCUT2D eigenvalue weighted by molar-refractivity contribution is -0.139. The monoisotopic (exact) mass is 360 g/mol. The summed E-state index contributed by atoms with van der Waals surface area (Å²) >= 11 is 2.60. The number of esters is 1. The molecule has 2 aromatic heterocycles. The van der Waals surface area contributed by atoms with E-state index in [4.69, 9.17) is 4.74 Å². The van der Waals surface area contributed by atoms with E-state index < -0.39 is 5.25 Å². The largest absolute Gasteiger partial charge is 0.468 e. The van der Waals surface area contributed by atoms with Crippen molar-refractivity contribution in [2.45, 2.75) is 24.3 Å². The Bertz CT molecular complexity index is 945. The first-order valence-electron chi connectivity index (χ1n) is 7.32. The number of ether oxygens (including phenoxy) is 1. The second kappa shape index (κ2) is 6.78. The zero-order chi connectivity index (χ0) is 17.3. The molecule has 124 valence electrons. The predicted molar refractivity (Wildman–Crippen MR) is 97.7 cm³/mol. The maximum atomic E-state index is 12.5. The number of carbonyl (C=O) groups excluding carboxylic acids is 1. The van der Waals surface area contributed by atoms with E-state index in [0.717, 1.165) is 11.1 Å². The van der Waals surface area contributed by atoms with Crippen molar-refractivity contribution >= 4 is 39.3 Å². The standard InChI is InChI=1S/C17H16N2O3S2/c1-9-4-6-11(7-5-9)12-8-23-15-13(12)14(20)18-17(19-15)24-10(2)16(21)22-3/h4-8,10H,1-3H3,(H,18,19,20). The maximum absolute atomic E-state index is 12.5. The molecule has 1 atom stereocenters. The number of hydrogen-bond donors (Lipinski definition) is 1. The van der Waals surface area contributed by atoms with Crippen molar-refractivity contribution in [2.24, 2.45) is 0 Å². The molecule has 0 saturated carbocycles. The third kappa shape index (κ3) is 3.22. The highest BCUT2D eigenvalue weighted by atomic mass is 32.2. The molecule has 1 unspecified atom stereocenters. The molecule has 0 aliphatic rings. The van der Waals surface area contributed by atoms with E-state index in [2.05, 4.69) is 9.97 Å². The average Bonchev–Trinajstić information content (AvgIpc) is 2.99. The number of methoxy groups -OCH3 is 1. The van der Waals surface area contributed by atoms with Crippen LogP contribution in [0.3, 0.4) is 0 Å². The van der Waals surface area contributed by atoms with Crippen molar-refractivity contribution in [3.05, 3.63) is 45.6 Å². The van der Waals surface area contributed by atoms with Crippen LogP contribution in [0.15, 0.2) is 39.6 Å². The van der Waals surface area contributed by atoms with Crippen LogP contribution in [0.2, 0.25) is 0 Å². The number of fused-ring (bicyclic) bond motifs is 1. The van der Waals surface area contributed by atoms with Gasteiger partial charge in [-0.15, -0.1) is 11.3 Å². The molecular weight excluding hydrogens is 344 g/mol. The fraction of sp³-hybridized carbons (Fsp3) is 0.235. The molecule has 1 aromatic carbocycles. The van der Waals surface area contributed by atoms with E-state index in [1.54, 1.807) is 6.92 Å². The quantitative estimate of drug-likeness (QED) is 0.437. The normalized spacial score (nSPS) is 12.3. The zero-order valence-electron chi connectivity index (χ0n) is 13.5. The summed E-state index contributed by atoms with van der Waals surface area (Å²) in [6, 6.07) is 8.03. The third-order valence-electron chi connectivity index (χ3n) is 3.61. The minimum atomic E-state index is -0.438. The van der Waals surface area contributed by atoms with Gasteiger partial charge < -0.3 is 9.72 Å². The number of thiophene rings is 1. The van der Waals surface area contributed by atoms with E-state index in [0.29, 0.717) is 15.4 Å². The van der Waals surface area contributed by atoms with E-state index in [9.17, 15) is 9.59 Å². The SMILES string of the molecule is COC(=O)C(C)Sc1nc2scc(-c3ccc(C)cc3)c2c(=O)[nH]1. The summed E-state index contributed by atoms with van der Waals surface area (Å²) in [5.41, 5.74) is 2.83. The molecule has 0 aliphatic heterocycles. The number of nitrogens with one attached hydrogen (secondary N) is 1. The second-order valence-electron chi connectivity index (χ2n) is 5.35. The third-order valence-corrected chi connectivity index (χ3v) is 5.44. The number of aromatic amines is 1. The average molecular weight is 360 g/mol. The fourth-order valence-corrected chi connectivity index (χ4v) is 4.14. The van der Waals surface area contributed by atoms with E-state index in [1.807, 2.05) is 36.6 Å². The number of H-pyrrole nitrogens is 1. The molecule has 5 nitrogen and oxygen atoms in total. The lowest BCUT2D eigenvalue weighted by Gasteiger charge is -2.07. The first-order valence-corrected chi connectivity index (χ1v) is 9.08. The topological polar surface area (TPSA) is 72.0 Å². The van der Waals surface area contributed by atoms with Crippen LogP contribution in [-0.2, 0) is 9.53 Å². The van der Waals surface area contributed by atoms with Crippen molar-refractivity contribution in [2.75, 3.05) is 7.11 Å². The molecule has 3 aromatic rings. The Hall–Kier alpha value is -2.12. The molecule has 2 heterocycles. The summed E-state index contributed by atoms with van der Waals surface area (Å²) in [5, 5.41) is 2.50. The van der Waals surface area contributed by atoms with Gasteiger partial charge in [0.05, 0.1) is 12.5 Å². The lowest BCUT2D eigenvalue weighted by atomic mass is 10.1. The van der Waals surface area contributed by atoms with Crippen LogP contribution in [0.5, 0.6) is 0 Å². The van der Waals surface area contributed by atoms with Gasteiger partial charge >= 0.3 is 5.97 Å². The van der Waals surface area contributed by atoms with Crippen LogP contribution in [0.1, 0.15) is 12.5 Å². The van der Waals surface area contributed by atoms with Gasteiger partial charge in [0.25, 0.3) is 5.56 Å². The van der Waals surface area contributed by atoms with Crippen LogP contribution in [0.4, 0.5) is 0 Å². The predicted octanol–water partition coefficient (Wildman–Crippen LogP) is 3.61. The summed E-state index contributed by atoms with van der Waals surface area (Å²) in [6.45, 7) is 3.74. The van der Waals surface area contributed by atoms with Gasteiger partial charge in [-0.2, -0.15) is 0 Å². The minimum absolute atomic E-state index is 0.198. The van der Waals surface area contributed by atoms with E-state index in [-0.39, 0.29) is 11.5 Å². The molecule has 1 N–H and O–H groups in total. The van der Waals surface area contributed by atoms with E-state index >= 15 is 0 Å². The molecule has 0 aliphatic carbocycles. The van der Waals surface area contributed by atoms with Crippen molar-refractivity contribution in [1.82, 2.24) is 9.97 Å². The molecule has 0 saturated heterocycles. The molecule has 0 spiro atoms. The van der Waals surface area contributed by atoms with Crippen molar-refractivity contribution in [1.29, 1.82) is 0 Å². The van der Waals surface area contributed by atoms with Crippen LogP contribution >= 0.6 is 23.1 Å². The molecule has 0 fully saturated rings. The van der Waals surface area contributed by atoms with Gasteiger partial charge in [-0.1, -0.05) is 41.6 Å². The molecule has 0 radical (unpaired) electrons. The minimum Gasteiger partial charge on any atom is -0.468 e. The molecule has 3 rings (SSSR count). The first-order chi connectivity index (χ1) is 11.5. The summed E-state index contributed by atoms with van der Waals surface area (Å²) in [7, 11) is 1.34. The van der Waals surface area contributed by atoms with Gasteiger partial charge in [0.15, 0.2) is 5.16 Å². The van der Waals surface area contributed by atoms with Crippen LogP contribution in [-0.4, -0.2) is 28.3 Å². The number of aromatic nitrogens is 2. The van der Waals surface area contributed by atoms with Gasteiger partial charge in [-0.05, 0) is 19.4 Å². The van der Waals surface area contributed by atoms with Gasteiger partial charge in [-0.25, -0.2) is 4.98 Å². The number of nitrogens with zero attached hydrogens (tertiary/aromatic N) is 1. The number of thioether (sulfide) groups is 1. The Balaban J connectivity index is 2.01. The Labute approximate surface area is 147 Å². The van der Waals surface area contributed by atoms with Crippen LogP contribution in [0.25, 0.3) is 21.3 Å². The number of benzene rings is 1. The Morgan fingerprint density at radius 3 is 2.71 bits per heavy atom. The lowest BCUT2D eigenvalue weighted by Crippen LogP contribution is -2.16. The smallest absolute Gasteiger partial charge is 0.318 e. The van der Waals surface area contributed by atoms with Crippen LogP contribution in [0, 0.1) is 6.92 Å². The van der Waals surface area contributed by atoms with Crippen molar-refractivity contribution in [3.63, 3.8) is 0 Å². The number of hydrogen-bond acceptors (Lipinski definition) is 6. The van der Waals surface area contributed by atoms with Gasteiger partial charge in [0, 0.05) is 10.9 Å². The number of rotatable bonds is 4. The van der Waals surface area contributed by atoms with E-state index in [1.165, 1.54) is 35.8 Å². The van der Waals surface area contributed by atoms with Gasteiger partial charge in [-0.3, -0.25) is 9.59 Å². The summed E-state index contributed by atoms with van der Waals surface area (Å²) in [5.74, 6) is -0.353. The maximum Gasteiger partial charge on any atom is 0.318 e. The van der Waals surface area contributed by atoms with Crippen molar-refractivity contribution in [3.8, 4) is 11.1 Å². The molecule has 7 heteroatoms. The van der Waals surface area contributed by atoms with Gasteiger partial charge in [0.2, 0.25) is 0 Å². The zero-order valence-corrected chi connectivity index (χ0v) is 15.1. The molecule has 0 amide bonds. The number of carbonyl (C=O) groups is 1. The first kappa shape index (κ1) is 16.7. The molecule has 24 heavy (non-hydrogen) atoms. The highest BCUT2D eigenvalue weighted by Gasteiger charge is 2.18. The summed E-state index contributed by atoms with van der Waals surface area (Å²) in [4.78, 5) is 31.9. The fourth-order valence-electron chi connectivity index (χ4n) is 2.31. The second-order valence-corrected chi connectivity index (χ2v) is 7.54. The number of aryl methyl sites for hydroxylation is 1. The Morgan fingerprint density at radius 2 is 2.04 bits per heavy atom. The summed E-state index contributed by atoms with van der Waals surface area (Å²) < 4.78 is 4.70. The summed E-state index contributed by atoms with van der Waals surface area (Å²) in [6.07, 6.45) is 0. The Morgan fingerprint density at radius 1 is 1.33 bits per heavy atom. The highest BCUT2D eigenvalue weighted by molar-refractivity contribution is 8.00. The Kier molecular flexibility index (Phi) is 4.73. The van der Waals surface area contributed by atoms with Gasteiger partial charge in [0.1, 0.15) is 10.1 Å². The highest BCUT2D eigenvalue weighted by Crippen LogP contribution is 2.32.